The Bertz CT molecular complexity index is 339. The van der Waals surface area contributed by atoms with Crippen LogP contribution in [-0.2, 0) is 16.0 Å². The molecule has 0 unspecified atom stereocenters. The summed E-state index contributed by atoms with van der Waals surface area (Å²) in [5, 5.41) is 10.1. The van der Waals surface area contributed by atoms with Crippen LogP contribution in [0.25, 0.3) is 0 Å². The maximum absolute atomic E-state index is 10.8. The van der Waals surface area contributed by atoms with Crippen LogP contribution in [0.15, 0.2) is 24.3 Å². The fourth-order valence-corrected chi connectivity index (χ4v) is 1.65. The van der Waals surface area contributed by atoms with Crippen molar-refractivity contribution in [1.29, 1.82) is 0 Å². The number of rotatable bonds is 4. The molecule has 0 spiro atoms. The first-order chi connectivity index (χ1) is 8.13. The van der Waals surface area contributed by atoms with Gasteiger partial charge in [-0.25, -0.2) is 0 Å². The Balaban J connectivity index is 0.00000121. The predicted octanol–water partition coefficient (Wildman–Crippen LogP) is 3.29. The number of phenolic OH excluding ortho intramolecular Hbond substituents is 1. The van der Waals surface area contributed by atoms with Gasteiger partial charge in [0.05, 0.1) is 0 Å². The van der Waals surface area contributed by atoms with E-state index in [0.717, 1.165) is 5.56 Å². The highest BCUT2D eigenvalue weighted by Gasteiger charge is 2.13. The van der Waals surface area contributed by atoms with Gasteiger partial charge in [0, 0.05) is 18.7 Å². The molecule has 17 heavy (non-hydrogen) atoms. The molecule has 3 nitrogen and oxygen atoms in total. The van der Waals surface area contributed by atoms with Crippen LogP contribution in [0.3, 0.4) is 0 Å². The molecular formula is C13H19BrO3. The number of alkyl halides is 1. The minimum atomic E-state index is -0.310. The Kier molecular flexibility index (Phi) is 8.50. The first-order valence-corrected chi connectivity index (χ1v) is 6.75. The van der Waals surface area contributed by atoms with E-state index < -0.39 is 0 Å². The topological polar surface area (TPSA) is 46.5 Å². The number of ether oxygens (including phenoxy) is 1. The third kappa shape index (κ3) is 6.31. The van der Waals surface area contributed by atoms with Crippen molar-refractivity contribution >= 4 is 21.9 Å². The summed E-state index contributed by atoms with van der Waals surface area (Å²) >= 11 is 3.27. The molecule has 96 valence electrons. The van der Waals surface area contributed by atoms with Crippen LogP contribution in [0.2, 0.25) is 0 Å². The third-order valence-corrected chi connectivity index (χ3v) is 2.67. The van der Waals surface area contributed by atoms with Gasteiger partial charge in [-0.2, -0.15) is 0 Å². The highest BCUT2D eigenvalue weighted by Crippen LogP contribution is 2.19. The Labute approximate surface area is 111 Å². The van der Waals surface area contributed by atoms with Crippen molar-refractivity contribution in [3.8, 4) is 5.75 Å². The van der Waals surface area contributed by atoms with Gasteiger partial charge in [0.25, 0.3) is 0 Å². The molecule has 0 aliphatic carbocycles. The van der Waals surface area contributed by atoms with Gasteiger partial charge in [0.1, 0.15) is 11.9 Å². The van der Waals surface area contributed by atoms with Crippen LogP contribution in [-0.4, -0.2) is 22.5 Å². The second-order valence-corrected chi connectivity index (χ2v) is 3.87. The Morgan fingerprint density at radius 1 is 1.41 bits per heavy atom. The summed E-state index contributed by atoms with van der Waals surface area (Å²) in [4.78, 5) is 10.8. The monoisotopic (exact) mass is 302 g/mol. The first-order valence-electron chi connectivity index (χ1n) is 5.63. The zero-order chi connectivity index (χ0) is 13.3. The molecule has 1 atom stereocenters. The quantitative estimate of drug-likeness (QED) is 0.686. The molecule has 1 rings (SSSR count). The van der Waals surface area contributed by atoms with Crippen molar-refractivity contribution in [3.05, 3.63) is 29.8 Å². The van der Waals surface area contributed by atoms with Crippen LogP contribution in [0.5, 0.6) is 5.75 Å². The van der Waals surface area contributed by atoms with Crippen LogP contribution >= 0.6 is 15.9 Å². The van der Waals surface area contributed by atoms with Crippen molar-refractivity contribution in [1.82, 2.24) is 0 Å². The lowest BCUT2D eigenvalue weighted by Gasteiger charge is -2.14. The number of para-hydroxylation sites is 1. The minimum Gasteiger partial charge on any atom is -0.508 e. The van der Waals surface area contributed by atoms with Gasteiger partial charge in [0.2, 0.25) is 0 Å². The molecule has 0 radical (unpaired) electrons. The van der Waals surface area contributed by atoms with Gasteiger partial charge < -0.3 is 9.84 Å². The zero-order valence-electron chi connectivity index (χ0n) is 10.4. The highest BCUT2D eigenvalue weighted by molar-refractivity contribution is 9.09. The van der Waals surface area contributed by atoms with E-state index in [9.17, 15) is 9.90 Å². The smallest absolute Gasteiger partial charge is 0.302 e. The number of aromatic hydroxyl groups is 1. The summed E-state index contributed by atoms with van der Waals surface area (Å²) in [6.07, 6.45) is 0.271. The van der Waals surface area contributed by atoms with E-state index in [-0.39, 0.29) is 17.8 Å². The fraction of sp³-hybridized carbons (Fsp3) is 0.462. The molecule has 0 aromatic heterocycles. The van der Waals surface area contributed by atoms with E-state index in [1.807, 2.05) is 26.0 Å². The summed E-state index contributed by atoms with van der Waals surface area (Å²) in [7, 11) is 0. The van der Waals surface area contributed by atoms with E-state index in [0.29, 0.717) is 11.8 Å². The van der Waals surface area contributed by atoms with Gasteiger partial charge in [-0.05, 0) is 11.6 Å². The molecule has 0 bridgehead atoms. The normalized spacial score (nSPS) is 11.1. The number of phenols is 1. The molecule has 0 aliphatic rings. The van der Waals surface area contributed by atoms with Gasteiger partial charge in [0.15, 0.2) is 0 Å². The molecule has 0 fully saturated rings. The summed E-state index contributed by atoms with van der Waals surface area (Å²) in [5.74, 6) is -0.0783. The molecule has 0 amide bonds. The standard InChI is InChI=1S/C11H13BrO3.C2H6/c1-8(13)15-10(7-12)6-9-4-2-3-5-11(9)14;1-2/h2-5,10,14H,6-7H2,1H3;1-2H3/t10-;/m0./s1. The molecular weight excluding hydrogens is 284 g/mol. The molecule has 1 aromatic rings. The zero-order valence-corrected chi connectivity index (χ0v) is 12.0. The number of carbonyl (C=O) groups is 1. The second kappa shape index (κ2) is 9.05. The third-order valence-electron chi connectivity index (χ3n) is 1.94. The molecule has 0 saturated carbocycles. The number of carbonyl (C=O) groups excluding carboxylic acids is 1. The SMILES string of the molecule is CC.CC(=O)O[C@H](CBr)Cc1ccccc1O. The maximum Gasteiger partial charge on any atom is 0.302 e. The molecule has 0 heterocycles. The predicted molar refractivity (Wildman–Crippen MR) is 72.5 cm³/mol. The van der Waals surface area contributed by atoms with Crippen molar-refractivity contribution < 1.29 is 14.6 Å². The summed E-state index contributed by atoms with van der Waals surface area (Å²) in [5.41, 5.74) is 0.781. The van der Waals surface area contributed by atoms with Crippen LogP contribution < -0.4 is 0 Å². The van der Waals surface area contributed by atoms with Gasteiger partial charge >= 0.3 is 5.97 Å². The number of halogens is 1. The lowest BCUT2D eigenvalue weighted by molar-refractivity contribution is -0.145. The van der Waals surface area contributed by atoms with Gasteiger partial charge in [-0.1, -0.05) is 48.0 Å². The van der Waals surface area contributed by atoms with Gasteiger partial charge in [-0.3, -0.25) is 4.79 Å². The molecule has 0 saturated heterocycles. The van der Waals surface area contributed by atoms with E-state index in [1.54, 1.807) is 12.1 Å². The average Bonchev–Trinajstić information content (AvgIpc) is 2.33. The maximum atomic E-state index is 10.8. The average molecular weight is 303 g/mol. The first kappa shape index (κ1) is 16.0. The largest absolute Gasteiger partial charge is 0.508 e. The van der Waals surface area contributed by atoms with E-state index in [4.69, 9.17) is 4.74 Å². The Morgan fingerprint density at radius 2 is 2.00 bits per heavy atom. The molecule has 0 aliphatic heterocycles. The lowest BCUT2D eigenvalue weighted by Crippen LogP contribution is -2.20. The van der Waals surface area contributed by atoms with Crippen molar-refractivity contribution in [3.63, 3.8) is 0 Å². The summed E-state index contributed by atoms with van der Waals surface area (Å²) < 4.78 is 5.06. The molecule has 4 heteroatoms. The van der Waals surface area contributed by atoms with Crippen LogP contribution in [0, 0.1) is 0 Å². The minimum absolute atomic E-state index is 0.232. The van der Waals surface area contributed by atoms with Crippen molar-refractivity contribution in [2.45, 2.75) is 33.3 Å². The fourth-order valence-electron chi connectivity index (χ4n) is 1.29. The second-order valence-electron chi connectivity index (χ2n) is 3.22. The Hall–Kier alpha value is -1.03. The number of hydrogen-bond donors (Lipinski definition) is 1. The van der Waals surface area contributed by atoms with E-state index in [1.165, 1.54) is 6.92 Å². The van der Waals surface area contributed by atoms with E-state index >= 15 is 0 Å². The number of benzene rings is 1. The lowest BCUT2D eigenvalue weighted by atomic mass is 10.1. The van der Waals surface area contributed by atoms with Gasteiger partial charge in [-0.15, -0.1) is 0 Å². The van der Waals surface area contributed by atoms with Crippen LogP contribution in [0.4, 0.5) is 0 Å². The summed E-state index contributed by atoms with van der Waals surface area (Å²) in [6.45, 7) is 5.38. The van der Waals surface area contributed by atoms with E-state index in [2.05, 4.69) is 15.9 Å². The summed E-state index contributed by atoms with van der Waals surface area (Å²) in [6, 6.07) is 7.03. The Morgan fingerprint density at radius 3 is 2.47 bits per heavy atom. The number of esters is 1. The number of hydrogen-bond acceptors (Lipinski definition) is 3. The van der Waals surface area contributed by atoms with Crippen molar-refractivity contribution in [2.24, 2.45) is 0 Å². The highest BCUT2D eigenvalue weighted by atomic mass is 79.9. The van der Waals surface area contributed by atoms with Crippen molar-refractivity contribution in [2.75, 3.05) is 5.33 Å². The van der Waals surface area contributed by atoms with Crippen LogP contribution in [0.1, 0.15) is 26.3 Å². The molecule has 1 aromatic carbocycles. The molecule has 1 N–H and O–H groups in total.